The number of nitrogens with zero attached hydrogens (tertiary/aromatic N) is 1. The smallest absolute Gasteiger partial charge is 0.254 e. The Morgan fingerprint density at radius 3 is 2.76 bits per heavy atom. The van der Waals surface area contributed by atoms with Crippen LogP contribution in [0, 0.1) is 19.3 Å². The van der Waals surface area contributed by atoms with E-state index in [2.05, 4.69) is 5.92 Å². The molecule has 0 aliphatic rings. The summed E-state index contributed by atoms with van der Waals surface area (Å²) >= 11 is 0. The molecule has 0 saturated heterocycles. The summed E-state index contributed by atoms with van der Waals surface area (Å²) in [5, 5.41) is 9.31. The van der Waals surface area contributed by atoms with E-state index < -0.39 is 0 Å². The highest BCUT2D eigenvalue weighted by atomic mass is 16.3. The van der Waals surface area contributed by atoms with E-state index in [9.17, 15) is 9.90 Å². The molecule has 0 unspecified atom stereocenters. The molecule has 1 aromatic carbocycles. The van der Waals surface area contributed by atoms with Crippen LogP contribution in [0.1, 0.15) is 29.3 Å². The predicted octanol–water partition coefficient (Wildman–Crippen LogP) is 2.19. The van der Waals surface area contributed by atoms with Crippen LogP contribution >= 0.6 is 0 Å². The molecule has 1 rings (SSSR count). The number of amides is 1. The van der Waals surface area contributed by atoms with E-state index in [1.54, 1.807) is 24.0 Å². The van der Waals surface area contributed by atoms with Gasteiger partial charge >= 0.3 is 0 Å². The van der Waals surface area contributed by atoms with Crippen molar-refractivity contribution in [1.82, 2.24) is 4.90 Å². The summed E-state index contributed by atoms with van der Waals surface area (Å²) in [6.45, 7) is 4.75. The van der Waals surface area contributed by atoms with Crippen molar-refractivity contribution in [3.63, 3.8) is 0 Å². The first-order valence-electron chi connectivity index (χ1n) is 5.62. The van der Waals surface area contributed by atoms with E-state index in [0.717, 1.165) is 12.0 Å². The summed E-state index contributed by atoms with van der Waals surface area (Å²) in [7, 11) is 0. The van der Waals surface area contributed by atoms with Crippen molar-refractivity contribution in [3.05, 3.63) is 29.3 Å². The molecule has 3 nitrogen and oxygen atoms in total. The molecule has 1 N–H and O–H groups in total. The third kappa shape index (κ3) is 3.25. The summed E-state index contributed by atoms with van der Waals surface area (Å²) < 4.78 is 0. The minimum atomic E-state index is -0.0812. The zero-order valence-electron chi connectivity index (χ0n) is 10.2. The van der Waals surface area contributed by atoms with Gasteiger partial charge in [0.1, 0.15) is 5.75 Å². The molecule has 0 spiro atoms. The topological polar surface area (TPSA) is 40.5 Å². The Morgan fingerprint density at radius 1 is 1.53 bits per heavy atom. The second-order valence-corrected chi connectivity index (χ2v) is 3.93. The first-order chi connectivity index (χ1) is 8.10. The number of phenols is 1. The third-order valence-electron chi connectivity index (χ3n) is 2.50. The van der Waals surface area contributed by atoms with E-state index in [-0.39, 0.29) is 11.7 Å². The summed E-state index contributed by atoms with van der Waals surface area (Å²) in [5.74, 6) is 2.57. The molecule has 0 aliphatic carbocycles. The highest BCUT2D eigenvalue weighted by Crippen LogP contribution is 2.17. The van der Waals surface area contributed by atoms with Gasteiger partial charge in [-0.25, -0.2) is 0 Å². The van der Waals surface area contributed by atoms with Crippen LogP contribution in [0.5, 0.6) is 5.75 Å². The number of aromatic hydroxyl groups is 1. The van der Waals surface area contributed by atoms with Crippen molar-refractivity contribution in [3.8, 4) is 18.1 Å². The lowest BCUT2D eigenvalue weighted by molar-refractivity contribution is 0.0776. The van der Waals surface area contributed by atoms with E-state index in [1.165, 1.54) is 6.07 Å². The van der Waals surface area contributed by atoms with Crippen LogP contribution < -0.4 is 0 Å². The van der Waals surface area contributed by atoms with Gasteiger partial charge in [0.05, 0.1) is 6.54 Å². The highest BCUT2D eigenvalue weighted by Gasteiger charge is 2.16. The van der Waals surface area contributed by atoms with E-state index >= 15 is 0 Å². The number of phenolic OH excluding ortho intramolecular Hbond substituents is 1. The first kappa shape index (κ1) is 13.1. The molecule has 0 atom stereocenters. The van der Waals surface area contributed by atoms with Crippen LogP contribution in [0.4, 0.5) is 0 Å². The summed E-state index contributed by atoms with van der Waals surface area (Å²) in [5.41, 5.74) is 1.35. The maximum Gasteiger partial charge on any atom is 0.254 e. The molecule has 3 heteroatoms. The number of carbonyl (C=O) groups excluding carboxylic acids is 1. The monoisotopic (exact) mass is 231 g/mol. The summed E-state index contributed by atoms with van der Waals surface area (Å²) in [4.78, 5) is 13.8. The van der Waals surface area contributed by atoms with Gasteiger partial charge in [-0.1, -0.05) is 12.8 Å². The van der Waals surface area contributed by atoms with Gasteiger partial charge < -0.3 is 10.0 Å². The Hall–Kier alpha value is -1.95. The lowest BCUT2D eigenvalue weighted by atomic mass is 10.1. The van der Waals surface area contributed by atoms with E-state index in [4.69, 9.17) is 6.42 Å². The van der Waals surface area contributed by atoms with Gasteiger partial charge in [0, 0.05) is 12.1 Å². The average molecular weight is 231 g/mol. The molecule has 0 aromatic heterocycles. The van der Waals surface area contributed by atoms with Crippen LogP contribution in [-0.4, -0.2) is 29.0 Å². The molecule has 0 heterocycles. The maximum atomic E-state index is 12.2. The Kier molecular flexibility index (Phi) is 4.59. The van der Waals surface area contributed by atoms with Crippen LogP contribution in [0.2, 0.25) is 0 Å². The number of rotatable bonds is 4. The zero-order chi connectivity index (χ0) is 12.8. The number of carbonyl (C=O) groups is 1. The molecule has 90 valence electrons. The fraction of sp³-hybridized carbons (Fsp3) is 0.357. The van der Waals surface area contributed by atoms with Crippen LogP contribution in [0.15, 0.2) is 18.2 Å². The van der Waals surface area contributed by atoms with Crippen molar-refractivity contribution in [2.24, 2.45) is 0 Å². The highest BCUT2D eigenvalue weighted by molar-refractivity contribution is 5.96. The first-order valence-corrected chi connectivity index (χ1v) is 5.62. The number of benzene rings is 1. The molecule has 1 aromatic rings. The van der Waals surface area contributed by atoms with Crippen LogP contribution in [0.25, 0.3) is 0 Å². The Balaban J connectivity index is 2.97. The van der Waals surface area contributed by atoms with Gasteiger partial charge in [-0.3, -0.25) is 4.79 Å². The zero-order valence-corrected chi connectivity index (χ0v) is 10.2. The Morgan fingerprint density at radius 2 is 2.24 bits per heavy atom. The molecule has 0 bridgehead atoms. The standard InChI is InChI=1S/C14H17NO2/c1-4-8-15(9-5-2)14(17)13-7-6-12(16)10-11(13)3/h1,6-7,10,16H,5,8-9H2,2-3H3. The maximum absolute atomic E-state index is 12.2. The second kappa shape index (κ2) is 5.95. The van der Waals surface area contributed by atoms with Gasteiger partial charge in [-0.2, -0.15) is 0 Å². The number of terminal acetylenes is 1. The van der Waals surface area contributed by atoms with Crippen molar-refractivity contribution >= 4 is 5.91 Å². The summed E-state index contributed by atoms with van der Waals surface area (Å²) in [6.07, 6.45) is 6.12. The quantitative estimate of drug-likeness (QED) is 0.807. The molecule has 0 fully saturated rings. The second-order valence-electron chi connectivity index (χ2n) is 3.93. The fourth-order valence-corrected chi connectivity index (χ4v) is 1.69. The van der Waals surface area contributed by atoms with Gasteiger partial charge in [0.25, 0.3) is 5.91 Å². The van der Waals surface area contributed by atoms with Gasteiger partial charge in [-0.05, 0) is 37.1 Å². The molecular weight excluding hydrogens is 214 g/mol. The van der Waals surface area contributed by atoms with E-state index in [1.807, 2.05) is 6.92 Å². The number of hydrogen-bond acceptors (Lipinski definition) is 2. The van der Waals surface area contributed by atoms with Gasteiger partial charge in [0.2, 0.25) is 0 Å². The van der Waals surface area contributed by atoms with Crippen molar-refractivity contribution in [2.75, 3.05) is 13.1 Å². The molecule has 17 heavy (non-hydrogen) atoms. The largest absolute Gasteiger partial charge is 0.508 e. The Bertz CT molecular complexity index is 446. The lowest BCUT2D eigenvalue weighted by Crippen LogP contribution is -2.32. The van der Waals surface area contributed by atoms with Crippen molar-refractivity contribution in [2.45, 2.75) is 20.3 Å². The fourth-order valence-electron chi connectivity index (χ4n) is 1.69. The summed E-state index contributed by atoms with van der Waals surface area (Å²) in [6, 6.07) is 4.72. The molecule has 0 aliphatic heterocycles. The van der Waals surface area contributed by atoms with Crippen LogP contribution in [-0.2, 0) is 0 Å². The normalized spacial score (nSPS) is 9.71. The number of aryl methyl sites for hydroxylation is 1. The van der Waals surface area contributed by atoms with Gasteiger partial charge in [-0.15, -0.1) is 6.42 Å². The van der Waals surface area contributed by atoms with Gasteiger partial charge in [0.15, 0.2) is 0 Å². The minimum absolute atomic E-state index is 0.0812. The Labute approximate surface area is 102 Å². The molecular formula is C14H17NO2. The SMILES string of the molecule is C#CCN(CCC)C(=O)c1ccc(O)cc1C. The average Bonchev–Trinajstić information content (AvgIpc) is 2.28. The minimum Gasteiger partial charge on any atom is -0.508 e. The third-order valence-corrected chi connectivity index (χ3v) is 2.50. The van der Waals surface area contributed by atoms with Crippen LogP contribution in [0.3, 0.4) is 0 Å². The number of hydrogen-bond donors (Lipinski definition) is 1. The lowest BCUT2D eigenvalue weighted by Gasteiger charge is -2.20. The van der Waals surface area contributed by atoms with Crippen molar-refractivity contribution < 1.29 is 9.90 Å². The van der Waals surface area contributed by atoms with E-state index in [0.29, 0.717) is 18.7 Å². The molecule has 1 amide bonds. The predicted molar refractivity (Wildman–Crippen MR) is 67.9 cm³/mol. The van der Waals surface area contributed by atoms with Crippen molar-refractivity contribution in [1.29, 1.82) is 0 Å². The molecule has 0 radical (unpaired) electrons. The molecule has 0 saturated carbocycles.